The smallest absolute Gasteiger partial charge is 0.115 e. The maximum absolute atomic E-state index is 10.2. The van der Waals surface area contributed by atoms with E-state index in [9.17, 15) is 10.2 Å². The van der Waals surface area contributed by atoms with Crippen molar-refractivity contribution in [3.8, 4) is 11.5 Å². The highest BCUT2D eigenvalue weighted by Gasteiger charge is 2.52. The Labute approximate surface area is 150 Å². The lowest BCUT2D eigenvalue weighted by atomic mass is 9.74. The van der Waals surface area contributed by atoms with E-state index in [1.54, 1.807) is 0 Å². The fourth-order valence-corrected chi connectivity index (χ4v) is 5.39. The molecule has 2 N–H and O–H groups in total. The summed E-state index contributed by atoms with van der Waals surface area (Å²) in [5.41, 5.74) is 5.24. The van der Waals surface area contributed by atoms with E-state index in [0.29, 0.717) is 35.2 Å². The van der Waals surface area contributed by atoms with Gasteiger partial charge in [-0.2, -0.15) is 0 Å². The summed E-state index contributed by atoms with van der Waals surface area (Å²) in [7, 11) is 0. The summed E-state index contributed by atoms with van der Waals surface area (Å²) in [6, 6.07) is 11.9. The highest BCUT2D eigenvalue weighted by Crippen LogP contribution is 2.62. The summed E-state index contributed by atoms with van der Waals surface area (Å²) >= 11 is 0. The summed E-state index contributed by atoms with van der Waals surface area (Å²) < 4.78 is 0. The molecule has 2 nitrogen and oxygen atoms in total. The van der Waals surface area contributed by atoms with Crippen LogP contribution in [0.15, 0.2) is 36.4 Å². The summed E-state index contributed by atoms with van der Waals surface area (Å²) in [5, 5.41) is 20.4. The lowest BCUT2D eigenvalue weighted by Gasteiger charge is -2.29. The molecule has 132 valence electrons. The Kier molecular flexibility index (Phi) is 3.64. The Bertz CT molecular complexity index is 749. The number of phenolic OH excluding ortho intramolecular Hbond substituents is 2. The van der Waals surface area contributed by atoms with Gasteiger partial charge in [0.2, 0.25) is 0 Å². The number of aromatic hydroxyl groups is 2. The Balaban J connectivity index is 1.97. The second-order valence-electron chi connectivity index (χ2n) is 8.73. The van der Waals surface area contributed by atoms with Crippen molar-refractivity contribution in [2.45, 2.75) is 57.8 Å². The zero-order valence-corrected chi connectivity index (χ0v) is 15.6. The van der Waals surface area contributed by atoms with Crippen LogP contribution in [0.3, 0.4) is 0 Å². The van der Waals surface area contributed by atoms with E-state index in [0.717, 1.165) is 12.8 Å². The number of rotatable bonds is 2. The van der Waals surface area contributed by atoms with Crippen molar-refractivity contribution < 1.29 is 10.2 Å². The largest absolute Gasteiger partial charge is 0.508 e. The summed E-state index contributed by atoms with van der Waals surface area (Å²) in [5.74, 6) is 2.80. The molecule has 25 heavy (non-hydrogen) atoms. The van der Waals surface area contributed by atoms with Gasteiger partial charge in [-0.25, -0.2) is 0 Å². The van der Waals surface area contributed by atoms with Crippen LogP contribution in [0.25, 0.3) is 0 Å². The lowest BCUT2D eigenvalue weighted by Crippen LogP contribution is -2.23. The molecule has 0 aromatic heterocycles. The number of phenols is 2. The SMILES string of the molecule is CC(C)C1CC2(CC(C(C)C)c3ccc(O)cc32)c2cc(O)ccc21. The molecule has 2 atom stereocenters. The van der Waals surface area contributed by atoms with E-state index in [4.69, 9.17) is 0 Å². The van der Waals surface area contributed by atoms with Crippen molar-refractivity contribution in [2.24, 2.45) is 11.8 Å². The van der Waals surface area contributed by atoms with Gasteiger partial charge in [-0.05, 0) is 83.0 Å². The molecular weight excluding hydrogens is 308 g/mol. The molecule has 2 heteroatoms. The van der Waals surface area contributed by atoms with Gasteiger partial charge in [-0.3, -0.25) is 0 Å². The molecule has 2 unspecified atom stereocenters. The van der Waals surface area contributed by atoms with Gasteiger partial charge in [0, 0.05) is 5.41 Å². The maximum Gasteiger partial charge on any atom is 0.115 e. The van der Waals surface area contributed by atoms with Crippen molar-refractivity contribution in [1.29, 1.82) is 0 Å². The van der Waals surface area contributed by atoms with Crippen LogP contribution in [0.1, 0.15) is 74.6 Å². The molecule has 0 heterocycles. The van der Waals surface area contributed by atoms with Gasteiger partial charge < -0.3 is 10.2 Å². The second-order valence-corrected chi connectivity index (χ2v) is 8.73. The fourth-order valence-electron chi connectivity index (χ4n) is 5.39. The average Bonchev–Trinajstić information content (AvgIpc) is 3.05. The highest BCUT2D eigenvalue weighted by molar-refractivity contribution is 5.59. The molecule has 1 spiro atoms. The van der Waals surface area contributed by atoms with Gasteiger partial charge in [0.05, 0.1) is 0 Å². The van der Waals surface area contributed by atoms with Crippen LogP contribution in [-0.4, -0.2) is 10.2 Å². The van der Waals surface area contributed by atoms with E-state index in [1.165, 1.54) is 22.3 Å². The number of benzene rings is 2. The fraction of sp³-hybridized carbons (Fsp3) is 0.478. The average molecular weight is 336 g/mol. The predicted molar refractivity (Wildman–Crippen MR) is 101 cm³/mol. The number of fused-ring (bicyclic) bond motifs is 4. The van der Waals surface area contributed by atoms with E-state index >= 15 is 0 Å². The summed E-state index contributed by atoms with van der Waals surface area (Å²) in [4.78, 5) is 0. The van der Waals surface area contributed by atoms with Crippen molar-refractivity contribution in [3.05, 3.63) is 58.7 Å². The maximum atomic E-state index is 10.2. The number of hydrogen-bond donors (Lipinski definition) is 2. The Morgan fingerprint density at radius 1 is 0.760 bits per heavy atom. The molecule has 0 bridgehead atoms. The van der Waals surface area contributed by atoms with E-state index in [1.807, 2.05) is 24.3 Å². The van der Waals surface area contributed by atoms with Gasteiger partial charge in [-0.1, -0.05) is 39.8 Å². The minimum atomic E-state index is -0.0774. The van der Waals surface area contributed by atoms with Crippen molar-refractivity contribution in [2.75, 3.05) is 0 Å². The molecule has 0 saturated heterocycles. The Morgan fingerprint density at radius 2 is 1.16 bits per heavy atom. The third kappa shape index (κ3) is 2.30. The zero-order valence-electron chi connectivity index (χ0n) is 15.6. The van der Waals surface area contributed by atoms with Crippen LogP contribution in [0.4, 0.5) is 0 Å². The van der Waals surface area contributed by atoms with Crippen molar-refractivity contribution >= 4 is 0 Å². The van der Waals surface area contributed by atoms with Gasteiger partial charge in [-0.15, -0.1) is 0 Å². The summed E-state index contributed by atoms with van der Waals surface area (Å²) in [6.45, 7) is 9.16. The minimum Gasteiger partial charge on any atom is -0.508 e. The van der Waals surface area contributed by atoms with Gasteiger partial charge in [0.15, 0.2) is 0 Å². The molecule has 0 amide bonds. The van der Waals surface area contributed by atoms with Crippen LogP contribution in [0, 0.1) is 11.8 Å². The first-order valence-electron chi connectivity index (χ1n) is 9.50. The molecule has 2 aromatic rings. The quantitative estimate of drug-likeness (QED) is 0.741. The second kappa shape index (κ2) is 5.52. The minimum absolute atomic E-state index is 0.0774. The third-order valence-corrected chi connectivity index (χ3v) is 6.65. The monoisotopic (exact) mass is 336 g/mol. The molecule has 2 aromatic carbocycles. The third-order valence-electron chi connectivity index (χ3n) is 6.65. The van der Waals surface area contributed by atoms with Crippen LogP contribution < -0.4 is 0 Å². The van der Waals surface area contributed by atoms with Crippen molar-refractivity contribution in [1.82, 2.24) is 0 Å². The summed E-state index contributed by atoms with van der Waals surface area (Å²) in [6.07, 6.45) is 2.15. The molecule has 4 rings (SSSR count). The first-order valence-corrected chi connectivity index (χ1v) is 9.50. The zero-order chi connectivity index (χ0) is 17.9. The van der Waals surface area contributed by atoms with Gasteiger partial charge in [0.25, 0.3) is 0 Å². The van der Waals surface area contributed by atoms with Crippen LogP contribution in [-0.2, 0) is 5.41 Å². The molecular formula is C23H28O2. The standard InChI is InChI=1S/C23H28O2/c1-13(2)19-11-23(21-9-15(24)5-7-17(19)21)12-20(14(3)4)18-8-6-16(25)10-22(18)23/h5-10,13-14,19-20,24-25H,11-12H2,1-4H3. The molecule has 0 aliphatic heterocycles. The van der Waals surface area contributed by atoms with Crippen molar-refractivity contribution in [3.63, 3.8) is 0 Å². The first-order chi connectivity index (χ1) is 11.8. The first kappa shape index (κ1) is 16.5. The topological polar surface area (TPSA) is 40.5 Å². The number of hydrogen-bond acceptors (Lipinski definition) is 2. The van der Waals surface area contributed by atoms with Gasteiger partial charge >= 0.3 is 0 Å². The van der Waals surface area contributed by atoms with E-state index < -0.39 is 0 Å². The molecule has 2 aliphatic carbocycles. The predicted octanol–water partition coefficient (Wildman–Crippen LogP) is 5.67. The van der Waals surface area contributed by atoms with Crippen LogP contribution in [0.5, 0.6) is 11.5 Å². The lowest BCUT2D eigenvalue weighted by molar-refractivity contribution is 0.364. The Morgan fingerprint density at radius 3 is 1.52 bits per heavy atom. The molecule has 2 aliphatic rings. The van der Waals surface area contributed by atoms with Crippen LogP contribution >= 0.6 is 0 Å². The Hall–Kier alpha value is -1.96. The molecule has 0 saturated carbocycles. The van der Waals surface area contributed by atoms with Crippen LogP contribution in [0.2, 0.25) is 0 Å². The highest BCUT2D eigenvalue weighted by atomic mass is 16.3. The molecule has 0 fully saturated rings. The van der Waals surface area contributed by atoms with E-state index in [-0.39, 0.29) is 5.41 Å². The van der Waals surface area contributed by atoms with E-state index in [2.05, 4.69) is 39.8 Å². The normalized spacial score (nSPS) is 27.3. The van der Waals surface area contributed by atoms with Gasteiger partial charge in [0.1, 0.15) is 11.5 Å². The molecule has 0 radical (unpaired) electrons.